The van der Waals surface area contributed by atoms with E-state index in [1.807, 2.05) is 0 Å². The molecule has 2 heterocycles. The van der Waals surface area contributed by atoms with Crippen molar-refractivity contribution in [2.24, 2.45) is 17.8 Å². The van der Waals surface area contributed by atoms with E-state index in [-0.39, 0.29) is 33.9 Å². The minimum absolute atomic E-state index is 0.0467. The van der Waals surface area contributed by atoms with Crippen molar-refractivity contribution < 1.29 is 51.0 Å². The monoisotopic (exact) mass is 832 g/mol. The Morgan fingerprint density at radius 1 is 0.837 bits per heavy atom. The summed E-state index contributed by atoms with van der Waals surface area (Å²) in [5, 5.41) is 11.3. The highest BCUT2D eigenvalue weighted by molar-refractivity contribution is 14.1. The third kappa shape index (κ3) is 4.32. The van der Waals surface area contributed by atoms with Gasteiger partial charge in [-0.2, -0.15) is 0 Å². The van der Waals surface area contributed by atoms with Crippen LogP contribution in [0.15, 0.2) is 54.1 Å². The van der Waals surface area contributed by atoms with Crippen molar-refractivity contribution in [2.45, 2.75) is 28.5 Å². The van der Waals surface area contributed by atoms with Crippen LogP contribution in [0.5, 0.6) is 11.5 Å². The van der Waals surface area contributed by atoms with Gasteiger partial charge in [0, 0.05) is 15.1 Å². The van der Waals surface area contributed by atoms with Crippen LogP contribution >= 0.6 is 45.8 Å². The van der Waals surface area contributed by atoms with E-state index in [2.05, 4.69) is 22.6 Å². The van der Waals surface area contributed by atoms with E-state index in [0.717, 1.165) is 8.47 Å². The summed E-state index contributed by atoms with van der Waals surface area (Å²) in [4.78, 5) is 51.8. The molecule has 0 spiro atoms. The van der Waals surface area contributed by atoms with Crippen LogP contribution in [0.3, 0.4) is 0 Å². The highest BCUT2D eigenvalue weighted by atomic mass is 127. The molecule has 3 aromatic carbocycles. The van der Waals surface area contributed by atoms with Crippen molar-refractivity contribution in [3.8, 4) is 11.5 Å². The summed E-state index contributed by atoms with van der Waals surface area (Å²) >= 11 is 16.3. The van der Waals surface area contributed by atoms with Crippen LogP contribution in [-0.4, -0.2) is 45.6 Å². The first-order valence-corrected chi connectivity index (χ1v) is 16.4. The van der Waals surface area contributed by atoms with E-state index in [4.69, 9.17) is 27.9 Å². The molecule has 0 bridgehead atoms. The minimum Gasteiger partial charge on any atom is -0.504 e. The fourth-order valence-corrected chi connectivity index (χ4v) is 8.98. The lowest BCUT2D eigenvalue weighted by molar-refractivity contribution is -0.125. The van der Waals surface area contributed by atoms with E-state index in [9.17, 15) is 37.5 Å². The fourth-order valence-electron chi connectivity index (χ4n) is 7.69. The second-order valence-corrected chi connectivity index (χ2v) is 14.6. The zero-order valence-corrected chi connectivity index (χ0v) is 28.4. The lowest BCUT2D eigenvalue weighted by Crippen LogP contribution is -2.60. The lowest BCUT2D eigenvalue weighted by Gasteiger charge is -2.50. The van der Waals surface area contributed by atoms with Crippen LogP contribution in [0.2, 0.25) is 0 Å². The summed E-state index contributed by atoms with van der Waals surface area (Å²) in [7, 11) is 1.23. The number of methoxy groups -OCH3 is 1. The van der Waals surface area contributed by atoms with Gasteiger partial charge in [-0.05, 0) is 71.7 Å². The number of ether oxygens (including phenoxy) is 1. The number of carbonyl (C=O) groups is 4. The fraction of sp³-hybridized carbons (Fsp3) is 0.273. The highest BCUT2D eigenvalue weighted by Gasteiger charge is 2.77. The van der Waals surface area contributed by atoms with Crippen LogP contribution in [0, 0.1) is 50.4 Å². The van der Waals surface area contributed by atoms with Gasteiger partial charge in [0.15, 0.2) is 44.5 Å². The number of aromatic hydroxyl groups is 1. The molecule has 2 aliphatic carbocycles. The van der Waals surface area contributed by atoms with E-state index >= 15 is 8.78 Å². The van der Waals surface area contributed by atoms with Crippen molar-refractivity contribution in [3.63, 3.8) is 0 Å². The predicted molar refractivity (Wildman–Crippen MR) is 173 cm³/mol. The number of imide groups is 2. The Morgan fingerprint density at radius 3 is 2.06 bits per heavy atom. The van der Waals surface area contributed by atoms with Crippen molar-refractivity contribution in [1.82, 2.24) is 0 Å². The smallest absolute Gasteiger partial charge is 0.258 e. The van der Waals surface area contributed by atoms with Crippen LogP contribution in [0.25, 0.3) is 0 Å². The third-order valence-corrected chi connectivity index (χ3v) is 12.0. The number of rotatable bonds is 4. The predicted octanol–water partition coefficient (Wildman–Crippen LogP) is 6.47. The Balaban J connectivity index is 1.45. The molecule has 7 rings (SSSR count). The van der Waals surface area contributed by atoms with E-state index in [1.54, 1.807) is 24.3 Å². The number of phenols is 1. The Kier molecular flexibility index (Phi) is 7.83. The maximum Gasteiger partial charge on any atom is 0.258 e. The molecule has 0 radical (unpaired) electrons. The molecule has 0 unspecified atom stereocenters. The van der Waals surface area contributed by atoms with Crippen molar-refractivity contribution in [1.29, 1.82) is 0 Å². The number of carbonyl (C=O) groups excluding carboxylic acids is 4. The number of fused-ring (bicyclic) bond motifs is 4. The van der Waals surface area contributed by atoms with Crippen molar-refractivity contribution >= 4 is 80.8 Å². The molecule has 4 aliphatic rings. The van der Waals surface area contributed by atoms with Crippen molar-refractivity contribution in [3.05, 3.63) is 92.3 Å². The molecule has 1 N–H and O–H groups in total. The molecule has 8 nitrogen and oxygen atoms in total. The van der Waals surface area contributed by atoms with Crippen LogP contribution in [0.1, 0.15) is 24.3 Å². The molecular formula is C33H20Cl2F5IN2O6. The van der Waals surface area contributed by atoms with Crippen LogP contribution in [-0.2, 0) is 19.2 Å². The maximum atomic E-state index is 15.2. The van der Waals surface area contributed by atoms with Gasteiger partial charge in [0.2, 0.25) is 17.6 Å². The maximum absolute atomic E-state index is 15.2. The van der Waals surface area contributed by atoms with Gasteiger partial charge in [0.25, 0.3) is 11.8 Å². The Bertz CT molecular complexity index is 2040. The average Bonchev–Trinajstić information content (AvgIpc) is 3.42. The van der Waals surface area contributed by atoms with Gasteiger partial charge in [-0.15, -0.1) is 23.2 Å². The topological polar surface area (TPSA) is 104 Å². The third-order valence-electron chi connectivity index (χ3n) is 9.87. The number of nitrogens with zero attached hydrogens (tertiary/aromatic N) is 2. The number of phenolic OH excluding ortho intramolecular Hbond substituents is 1. The van der Waals surface area contributed by atoms with Gasteiger partial charge >= 0.3 is 0 Å². The number of amides is 4. The summed E-state index contributed by atoms with van der Waals surface area (Å²) in [6.07, 6.45) is 0.828. The van der Waals surface area contributed by atoms with Gasteiger partial charge in [-0.25, -0.2) is 26.9 Å². The summed E-state index contributed by atoms with van der Waals surface area (Å²) in [6, 6.07) is 10.6. The standard InChI is InChI=1S/C33H20Cl2F5IN2O6/c1-49-18-4-2-3-16(27(18)44)20-14-9-10-15-19(29(46)42(28(15)45)13-7-5-12(41)6-8-13)17(14)11-32(34)30(47)43(31(48)33(20,32)35)26-24(39)22(37)21(36)23(38)25(26)40/h2-9,15,17,19-20,44H,10-11H2,1H3/t15-,17+,19-,20+,32+,33-/m0/s1. The first-order chi connectivity index (χ1) is 23.1. The number of para-hydroxylation sites is 1. The zero-order valence-electron chi connectivity index (χ0n) is 24.7. The Morgan fingerprint density at radius 2 is 1.45 bits per heavy atom. The zero-order chi connectivity index (χ0) is 35.5. The Labute approximate surface area is 297 Å². The van der Waals surface area contributed by atoms with Gasteiger partial charge in [0.1, 0.15) is 5.69 Å². The minimum atomic E-state index is -2.77. The summed E-state index contributed by atoms with van der Waals surface area (Å²) < 4.78 is 79.3. The molecule has 6 atom stereocenters. The molecule has 1 saturated carbocycles. The summed E-state index contributed by atoms with van der Waals surface area (Å²) in [6.45, 7) is 0. The first-order valence-electron chi connectivity index (χ1n) is 14.6. The molecule has 3 fully saturated rings. The molecule has 2 saturated heterocycles. The average molecular weight is 833 g/mol. The molecule has 4 amide bonds. The number of hydrogen-bond donors (Lipinski definition) is 1. The van der Waals surface area contributed by atoms with Gasteiger partial charge < -0.3 is 9.84 Å². The summed E-state index contributed by atoms with van der Waals surface area (Å²) in [5.74, 6) is -22.4. The van der Waals surface area contributed by atoms with Crippen LogP contribution < -0.4 is 14.5 Å². The normalized spacial score (nSPS) is 29.2. The highest BCUT2D eigenvalue weighted by Crippen LogP contribution is 2.67. The molecule has 2 aliphatic heterocycles. The number of allylic oxidation sites excluding steroid dienone is 2. The number of benzene rings is 3. The summed E-state index contributed by atoms with van der Waals surface area (Å²) in [5.41, 5.74) is -1.56. The SMILES string of the molecule is COc1cccc([C@H]2C3=CC[C@@H]4C(=O)N(c5ccc(I)cc5)C(=O)[C@@H]4[C@@H]3C[C@@]3(Cl)C(=O)N(c4c(F)c(F)c(F)c(F)c4F)C(=O)[C@@]23Cl)c1O. The van der Waals surface area contributed by atoms with Gasteiger partial charge in [-0.1, -0.05) is 23.8 Å². The van der Waals surface area contributed by atoms with Gasteiger partial charge in [-0.3, -0.25) is 24.1 Å². The second kappa shape index (κ2) is 11.4. The number of anilines is 2. The molecule has 0 aromatic heterocycles. The van der Waals surface area contributed by atoms with Crippen LogP contribution in [0.4, 0.5) is 33.3 Å². The van der Waals surface area contributed by atoms with Crippen molar-refractivity contribution in [2.75, 3.05) is 16.9 Å². The lowest BCUT2D eigenvalue weighted by atomic mass is 9.56. The van der Waals surface area contributed by atoms with Gasteiger partial charge in [0.05, 0.1) is 24.6 Å². The quantitative estimate of drug-likeness (QED) is 0.0616. The van der Waals surface area contributed by atoms with E-state index in [0.29, 0.717) is 0 Å². The van der Waals surface area contributed by atoms with E-state index < -0.39 is 104 Å². The van der Waals surface area contributed by atoms with E-state index in [1.165, 1.54) is 31.4 Å². The Hall–Kier alpha value is -3.76. The molecule has 16 heteroatoms. The molecule has 3 aromatic rings. The first kappa shape index (κ1) is 33.7. The molecular weight excluding hydrogens is 813 g/mol. The molecule has 254 valence electrons. The molecule has 49 heavy (non-hydrogen) atoms. The second-order valence-electron chi connectivity index (χ2n) is 12.1. The number of alkyl halides is 2. The number of halogens is 8. The largest absolute Gasteiger partial charge is 0.504 e. The number of hydrogen-bond acceptors (Lipinski definition) is 6.